The van der Waals surface area contributed by atoms with E-state index in [-0.39, 0.29) is 5.78 Å². The van der Waals surface area contributed by atoms with Gasteiger partial charge in [0.1, 0.15) is 5.58 Å². The molecular weight excluding hydrogens is 307 g/mol. The molecule has 0 atom stereocenters. The Bertz CT molecular complexity index is 863. The molecule has 0 N–H and O–H groups in total. The Hall–Kier alpha value is -1.77. The molecule has 0 saturated carbocycles. The molecule has 106 valence electrons. The number of aryl methyl sites for hydroxylation is 2. The van der Waals surface area contributed by atoms with E-state index < -0.39 is 0 Å². The van der Waals surface area contributed by atoms with Gasteiger partial charge in [0.2, 0.25) is 5.78 Å². The second-order valence-electron chi connectivity index (χ2n) is 5.01. The average molecular weight is 319 g/mol. The zero-order valence-electron chi connectivity index (χ0n) is 11.5. The number of rotatable bonds is 2. The van der Waals surface area contributed by atoms with Crippen LogP contribution in [0.1, 0.15) is 27.2 Å². The summed E-state index contributed by atoms with van der Waals surface area (Å²) in [5.41, 5.74) is 3.13. The normalized spacial score (nSPS) is 11.0. The molecule has 4 heteroatoms. The van der Waals surface area contributed by atoms with E-state index in [1.165, 1.54) is 0 Å². The fraction of sp³-hybridized carbons (Fsp3) is 0.118. The topological polar surface area (TPSA) is 30.2 Å². The minimum Gasteiger partial charge on any atom is -0.452 e. The predicted octanol–water partition coefficient (Wildman–Crippen LogP) is 5.59. The van der Waals surface area contributed by atoms with E-state index in [2.05, 4.69) is 0 Å². The standard InChI is InChI=1S/C17H12Cl2O2/c1-9-3-6-15-12(7-9)10(2)17(21-15)16(20)11-4-5-13(18)14(19)8-11/h3-8H,1-2H3. The van der Waals surface area contributed by atoms with Gasteiger partial charge < -0.3 is 4.42 Å². The summed E-state index contributed by atoms with van der Waals surface area (Å²) in [7, 11) is 0. The molecule has 0 aliphatic heterocycles. The molecule has 2 nitrogen and oxygen atoms in total. The van der Waals surface area contributed by atoms with Gasteiger partial charge in [0.05, 0.1) is 10.0 Å². The van der Waals surface area contributed by atoms with Gasteiger partial charge in [-0.1, -0.05) is 34.8 Å². The largest absolute Gasteiger partial charge is 0.452 e. The Morgan fingerprint density at radius 2 is 1.76 bits per heavy atom. The SMILES string of the molecule is Cc1ccc2oc(C(=O)c3ccc(Cl)c(Cl)c3)c(C)c2c1. The molecule has 0 radical (unpaired) electrons. The van der Waals surface area contributed by atoms with E-state index in [1.54, 1.807) is 18.2 Å². The number of carbonyl (C=O) groups is 1. The molecule has 1 aromatic heterocycles. The third-order valence-electron chi connectivity index (χ3n) is 3.48. The Morgan fingerprint density at radius 3 is 2.48 bits per heavy atom. The Kier molecular flexibility index (Phi) is 3.52. The van der Waals surface area contributed by atoms with Crippen LogP contribution >= 0.6 is 23.2 Å². The van der Waals surface area contributed by atoms with Crippen LogP contribution in [0.2, 0.25) is 10.0 Å². The summed E-state index contributed by atoms with van der Waals surface area (Å²) >= 11 is 11.8. The second kappa shape index (κ2) is 5.21. The van der Waals surface area contributed by atoms with Crippen molar-refractivity contribution in [1.82, 2.24) is 0 Å². The molecule has 0 unspecified atom stereocenters. The molecule has 2 aromatic carbocycles. The smallest absolute Gasteiger partial charge is 0.228 e. The van der Waals surface area contributed by atoms with Gasteiger partial charge in [-0.15, -0.1) is 0 Å². The van der Waals surface area contributed by atoms with Crippen molar-refractivity contribution in [2.45, 2.75) is 13.8 Å². The van der Waals surface area contributed by atoms with Crippen LogP contribution in [0.3, 0.4) is 0 Å². The molecule has 0 amide bonds. The van der Waals surface area contributed by atoms with Crippen LogP contribution in [0.4, 0.5) is 0 Å². The van der Waals surface area contributed by atoms with E-state index >= 15 is 0 Å². The number of fused-ring (bicyclic) bond motifs is 1. The number of hydrogen-bond donors (Lipinski definition) is 0. The summed E-state index contributed by atoms with van der Waals surface area (Å²) in [6.07, 6.45) is 0. The lowest BCUT2D eigenvalue weighted by molar-refractivity contribution is 0.101. The number of furan rings is 1. The minimum absolute atomic E-state index is 0.195. The van der Waals surface area contributed by atoms with Gasteiger partial charge in [-0.3, -0.25) is 4.79 Å². The minimum atomic E-state index is -0.195. The highest BCUT2D eigenvalue weighted by atomic mass is 35.5. The number of benzene rings is 2. The van der Waals surface area contributed by atoms with Crippen molar-refractivity contribution in [2.24, 2.45) is 0 Å². The number of hydrogen-bond acceptors (Lipinski definition) is 2. The summed E-state index contributed by atoms with van der Waals surface area (Å²) in [4.78, 5) is 12.6. The molecule has 3 rings (SSSR count). The highest BCUT2D eigenvalue weighted by Crippen LogP contribution is 2.29. The highest BCUT2D eigenvalue weighted by molar-refractivity contribution is 6.42. The number of ketones is 1. The van der Waals surface area contributed by atoms with Gasteiger partial charge in [0, 0.05) is 16.5 Å². The van der Waals surface area contributed by atoms with E-state index in [4.69, 9.17) is 27.6 Å². The van der Waals surface area contributed by atoms with Crippen LogP contribution < -0.4 is 0 Å². The van der Waals surface area contributed by atoms with Gasteiger partial charge >= 0.3 is 0 Å². The Balaban J connectivity index is 2.13. The van der Waals surface area contributed by atoms with Crippen LogP contribution in [0.5, 0.6) is 0 Å². The van der Waals surface area contributed by atoms with E-state index in [1.807, 2.05) is 32.0 Å². The van der Waals surface area contributed by atoms with Gasteiger partial charge in [-0.05, 0) is 44.2 Å². The van der Waals surface area contributed by atoms with Crippen molar-refractivity contribution >= 4 is 40.0 Å². The molecule has 0 aliphatic carbocycles. The molecule has 0 saturated heterocycles. The van der Waals surface area contributed by atoms with Gasteiger partial charge in [0.25, 0.3) is 0 Å². The molecule has 21 heavy (non-hydrogen) atoms. The van der Waals surface area contributed by atoms with Gasteiger partial charge in [-0.2, -0.15) is 0 Å². The van der Waals surface area contributed by atoms with Gasteiger partial charge in [-0.25, -0.2) is 0 Å². The van der Waals surface area contributed by atoms with Crippen molar-refractivity contribution < 1.29 is 9.21 Å². The summed E-state index contributed by atoms with van der Waals surface area (Å²) in [6.45, 7) is 3.89. The Labute approximate surface area is 132 Å². The molecule has 1 heterocycles. The first-order valence-electron chi connectivity index (χ1n) is 6.47. The zero-order chi connectivity index (χ0) is 15.1. The second-order valence-corrected chi connectivity index (χ2v) is 5.83. The van der Waals surface area contributed by atoms with Crippen molar-refractivity contribution in [2.75, 3.05) is 0 Å². The maximum atomic E-state index is 12.6. The molecule has 0 bridgehead atoms. The van der Waals surface area contributed by atoms with E-state index in [0.29, 0.717) is 27.0 Å². The maximum absolute atomic E-state index is 12.6. The first-order chi connectivity index (χ1) is 9.97. The van der Waals surface area contributed by atoms with Crippen LogP contribution in [0.15, 0.2) is 40.8 Å². The highest BCUT2D eigenvalue weighted by Gasteiger charge is 2.19. The fourth-order valence-electron chi connectivity index (χ4n) is 2.32. The maximum Gasteiger partial charge on any atom is 0.228 e. The van der Waals surface area contributed by atoms with Crippen LogP contribution in [-0.4, -0.2) is 5.78 Å². The van der Waals surface area contributed by atoms with Crippen molar-refractivity contribution in [1.29, 1.82) is 0 Å². The first kappa shape index (κ1) is 14.2. The number of halogens is 2. The van der Waals surface area contributed by atoms with Crippen molar-refractivity contribution in [3.05, 3.63) is 68.9 Å². The summed E-state index contributed by atoms with van der Waals surface area (Å²) in [6, 6.07) is 10.7. The van der Waals surface area contributed by atoms with Crippen molar-refractivity contribution in [3.63, 3.8) is 0 Å². The third kappa shape index (κ3) is 2.45. The lowest BCUT2D eigenvalue weighted by atomic mass is 10.0. The number of carbonyl (C=O) groups excluding carboxylic acids is 1. The summed E-state index contributed by atoms with van der Waals surface area (Å²) in [5, 5.41) is 1.73. The monoisotopic (exact) mass is 318 g/mol. The Morgan fingerprint density at radius 1 is 1.00 bits per heavy atom. The van der Waals surface area contributed by atoms with E-state index in [9.17, 15) is 4.79 Å². The molecule has 0 aliphatic rings. The first-order valence-corrected chi connectivity index (χ1v) is 7.22. The zero-order valence-corrected chi connectivity index (χ0v) is 13.0. The van der Waals surface area contributed by atoms with Crippen LogP contribution in [-0.2, 0) is 0 Å². The quantitative estimate of drug-likeness (QED) is 0.577. The molecule has 0 spiro atoms. The van der Waals surface area contributed by atoms with Gasteiger partial charge in [0.15, 0.2) is 5.76 Å². The summed E-state index contributed by atoms with van der Waals surface area (Å²) in [5.74, 6) is 0.147. The predicted molar refractivity (Wildman–Crippen MR) is 85.6 cm³/mol. The third-order valence-corrected chi connectivity index (χ3v) is 4.22. The summed E-state index contributed by atoms with van der Waals surface area (Å²) < 4.78 is 5.71. The van der Waals surface area contributed by atoms with Crippen LogP contribution in [0.25, 0.3) is 11.0 Å². The molecular formula is C17H12Cl2O2. The van der Waals surface area contributed by atoms with E-state index in [0.717, 1.165) is 16.5 Å². The van der Waals surface area contributed by atoms with Crippen molar-refractivity contribution in [3.8, 4) is 0 Å². The fourth-order valence-corrected chi connectivity index (χ4v) is 2.62. The average Bonchev–Trinajstić information content (AvgIpc) is 2.78. The lowest BCUT2D eigenvalue weighted by Crippen LogP contribution is -2.01. The molecule has 3 aromatic rings. The van der Waals surface area contributed by atoms with Crippen LogP contribution in [0, 0.1) is 13.8 Å². The lowest BCUT2D eigenvalue weighted by Gasteiger charge is -2.01. The molecule has 0 fully saturated rings.